The smallest absolute Gasteiger partial charge is 0.192 e. The summed E-state index contributed by atoms with van der Waals surface area (Å²) >= 11 is 1.65. The highest BCUT2D eigenvalue weighted by Gasteiger charge is 2.40. The van der Waals surface area contributed by atoms with Crippen molar-refractivity contribution in [1.82, 2.24) is 0 Å². The first-order valence-corrected chi connectivity index (χ1v) is 13.2. The van der Waals surface area contributed by atoms with Gasteiger partial charge in [-0.1, -0.05) is 44.1 Å². The van der Waals surface area contributed by atoms with Crippen molar-refractivity contribution in [2.24, 2.45) is 0 Å². The Morgan fingerprint density at radius 3 is 2.48 bits per heavy atom. The first-order chi connectivity index (χ1) is 11.4. The highest BCUT2D eigenvalue weighted by molar-refractivity contribution is 8.04. The molecule has 0 aromatic carbocycles. The van der Waals surface area contributed by atoms with Gasteiger partial charge >= 0.3 is 0 Å². The lowest BCUT2D eigenvalue weighted by Gasteiger charge is -2.37. The first-order valence-electron chi connectivity index (χ1n) is 9.27. The van der Waals surface area contributed by atoms with Crippen molar-refractivity contribution in [2.75, 3.05) is 5.75 Å². The third-order valence-electron chi connectivity index (χ3n) is 5.01. The topological polar surface area (TPSA) is 26.3 Å². The SMILES string of the molecule is CC(C)=CCC/C(C)=C/CSC1=CC(O[Si](C)(C)C(C)(C)C)CC1=O. The molecule has 0 aliphatic heterocycles. The van der Waals surface area contributed by atoms with Crippen LogP contribution in [0.3, 0.4) is 0 Å². The summed E-state index contributed by atoms with van der Waals surface area (Å²) in [7, 11) is -1.83. The van der Waals surface area contributed by atoms with Crippen molar-refractivity contribution in [3.8, 4) is 0 Å². The number of thioether (sulfide) groups is 1. The Bertz CT molecular complexity index is 561. The van der Waals surface area contributed by atoms with Gasteiger partial charge in [-0.15, -0.1) is 11.8 Å². The molecule has 0 N–H and O–H groups in total. The van der Waals surface area contributed by atoms with Crippen LogP contribution < -0.4 is 0 Å². The molecule has 25 heavy (non-hydrogen) atoms. The molecule has 0 fully saturated rings. The minimum atomic E-state index is -1.83. The van der Waals surface area contributed by atoms with E-state index in [0.717, 1.165) is 23.5 Å². The van der Waals surface area contributed by atoms with E-state index in [1.807, 2.05) is 0 Å². The molecule has 0 radical (unpaired) electrons. The number of hydrogen-bond donors (Lipinski definition) is 0. The summed E-state index contributed by atoms with van der Waals surface area (Å²) in [5, 5.41) is 0.172. The Morgan fingerprint density at radius 1 is 1.28 bits per heavy atom. The molecule has 0 amide bonds. The lowest BCUT2D eigenvalue weighted by Crippen LogP contribution is -2.43. The van der Waals surface area contributed by atoms with E-state index in [2.05, 4.69) is 72.9 Å². The minimum Gasteiger partial charge on any atom is -0.410 e. The normalized spacial score (nSPS) is 19.2. The zero-order valence-corrected chi connectivity index (χ0v) is 19.2. The Hall–Kier alpha value is -0.583. The molecule has 4 heteroatoms. The summed E-state index contributed by atoms with van der Waals surface area (Å²) in [6.45, 7) is 17.6. The Balaban J connectivity index is 2.54. The van der Waals surface area contributed by atoms with Gasteiger partial charge in [0.15, 0.2) is 14.1 Å². The lowest BCUT2D eigenvalue weighted by molar-refractivity contribution is -0.115. The van der Waals surface area contributed by atoms with Crippen molar-refractivity contribution in [2.45, 2.75) is 85.0 Å². The van der Waals surface area contributed by atoms with Gasteiger partial charge < -0.3 is 4.43 Å². The van der Waals surface area contributed by atoms with E-state index in [9.17, 15) is 4.79 Å². The van der Waals surface area contributed by atoms with Gasteiger partial charge in [0, 0.05) is 17.1 Å². The molecule has 1 unspecified atom stereocenters. The Labute approximate surface area is 160 Å². The molecule has 142 valence electrons. The van der Waals surface area contributed by atoms with E-state index in [1.165, 1.54) is 11.1 Å². The predicted octanol–water partition coefficient (Wildman–Crippen LogP) is 6.66. The fourth-order valence-electron chi connectivity index (χ4n) is 2.33. The van der Waals surface area contributed by atoms with Gasteiger partial charge in [-0.25, -0.2) is 0 Å². The van der Waals surface area contributed by atoms with Gasteiger partial charge in [-0.05, 0) is 57.8 Å². The van der Waals surface area contributed by atoms with Gasteiger partial charge in [0.05, 0.1) is 6.10 Å². The standard InChI is InChI=1S/C21H36O2SSi/c1-16(2)10-9-11-17(3)12-13-24-20-15-18(14-19(20)22)23-25(7,8)21(4,5)6/h10,12,15,18H,9,11,13-14H2,1-8H3/b17-12+. The van der Waals surface area contributed by atoms with E-state index in [0.29, 0.717) is 6.42 Å². The molecule has 0 saturated carbocycles. The highest BCUT2D eigenvalue weighted by Crippen LogP contribution is 2.39. The molecule has 1 atom stereocenters. The maximum atomic E-state index is 12.3. The van der Waals surface area contributed by atoms with Gasteiger partial charge in [0.2, 0.25) is 0 Å². The number of carbonyl (C=O) groups is 1. The largest absolute Gasteiger partial charge is 0.410 e. The zero-order valence-electron chi connectivity index (χ0n) is 17.4. The van der Waals surface area contributed by atoms with Crippen LogP contribution in [0.2, 0.25) is 18.1 Å². The van der Waals surface area contributed by atoms with Crippen LogP contribution in [-0.4, -0.2) is 26.0 Å². The molecule has 1 aliphatic rings. The Morgan fingerprint density at radius 2 is 1.92 bits per heavy atom. The van der Waals surface area contributed by atoms with E-state index < -0.39 is 8.32 Å². The summed E-state index contributed by atoms with van der Waals surface area (Å²) in [6.07, 6.45) is 9.25. The average Bonchev–Trinajstić information content (AvgIpc) is 2.76. The van der Waals surface area contributed by atoms with Crippen LogP contribution >= 0.6 is 11.8 Å². The number of carbonyl (C=O) groups excluding carboxylic acids is 1. The van der Waals surface area contributed by atoms with Crippen molar-refractivity contribution in [1.29, 1.82) is 0 Å². The summed E-state index contributed by atoms with van der Waals surface area (Å²) in [6, 6.07) is 0. The second-order valence-corrected chi connectivity index (χ2v) is 14.6. The van der Waals surface area contributed by atoms with E-state index in [1.54, 1.807) is 11.8 Å². The highest BCUT2D eigenvalue weighted by atomic mass is 32.2. The van der Waals surface area contributed by atoms with Crippen molar-refractivity contribution in [3.63, 3.8) is 0 Å². The van der Waals surface area contributed by atoms with E-state index >= 15 is 0 Å². The summed E-state index contributed by atoms with van der Waals surface area (Å²) < 4.78 is 6.37. The molecular formula is C21H36O2SSi. The molecule has 1 rings (SSSR count). The molecule has 0 bridgehead atoms. The van der Waals surface area contributed by atoms with Crippen LogP contribution in [0.15, 0.2) is 34.3 Å². The molecule has 0 aromatic heterocycles. The van der Waals surface area contributed by atoms with Crippen LogP contribution in [0.25, 0.3) is 0 Å². The summed E-state index contributed by atoms with van der Waals surface area (Å²) in [5.41, 5.74) is 2.77. The fraction of sp³-hybridized carbons (Fsp3) is 0.667. The van der Waals surface area contributed by atoms with Gasteiger partial charge in [0.25, 0.3) is 0 Å². The minimum absolute atomic E-state index is 0.0290. The predicted molar refractivity (Wildman–Crippen MR) is 115 cm³/mol. The van der Waals surface area contributed by atoms with Gasteiger partial charge in [-0.3, -0.25) is 4.79 Å². The maximum Gasteiger partial charge on any atom is 0.192 e. The van der Waals surface area contributed by atoms with Crippen molar-refractivity contribution < 1.29 is 9.22 Å². The van der Waals surface area contributed by atoms with Crippen molar-refractivity contribution in [3.05, 3.63) is 34.3 Å². The molecule has 0 spiro atoms. The molecule has 2 nitrogen and oxygen atoms in total. The Kier molecular flexibility index (Phi) is 8.43. The maximum absolute atomic E-state index is 12.3. The van der Waals surface area contributed by atoms with Crippen LogP contribution in [0.5, 0.6) is 0 Å². The monoisotopic (exact) mass is 380 g/mol. The van der Waals surface area contributed by atoms with Crippen LogP contribution in [-0.2, 0) is 9.22 Å². The average molecular weight is 381 g/mol. The number of rotatable bonds is 8. The zero-order chi connectivity index (χ0) is 19.3. The van der Waals surface area contributed by atoms with E-state index in [-0.39, 0.29) is 16.9 Å². The molecule has 0 saturated heterocycles. The third-order valence-corrected chi connectivity index (χ3v) is 10.5. The quantitative estimate of drug-likeness (QED) is 0.348. The molecular weight excluding hydrogens is 344 g/mol. The van der Waals surface area contributed by atoms with Crippen LogP contribution in [0, 0.1) is 0 Å². The number of hydrogen-bond acceptors (Lipinski definition) is 3. The van der Waals surface area contributed by atoms with E-state index in [4.69, 9.17) is 4.43 Å². The third kappa shape index (κ3) is 7.67. The second kappa shape index (κ2) is 9.38. The molecule has 0 heterocycles. The van der Waals surface area contributed by atoms with Crippen molar-refractivity contribution >= 4 is 25.9 Å². The number of allylic oxidation sites excluding steroid dienone is 4. The van der Waals surface area contributed by atoms with Gasteiger partial charge in [-0.2, -0.15) is 0 Å². The second-order valence-electron chi connectivity index (χ2n) is 8.76. The van der Waals surface area contributed by atoms with Crippen LogP contribution in [0.1, 0.15) is 60.8 Å². The molecule has 1 aliphatic carbocycles. The molecule has 0 aromatic rings. The van der Waals surface area contributed by atoms with Crippen LogP contribution in [0.4, 0.5) is 0 Å². The lowest BCUT2D eigenvalue weighted by atomic mass is 10.1. The number of ketones is 1. The summed E-state index contributed by atoms with van der Waals surface area (Å²) in [5.74, 6) is 1.11. The fourth-order valence-corrected chi connectivity index (χ4v) is 4.63. The first kappa shape index (κ1) is 22.5. The van der Waals surface area contributed by atoms with Gasteiger partial charge in [0.1, 0.15) is 0 Å². The summed E-state index contributed by atoms with van der Waals surface area (Å²) in [4.78, 5) is 13.1. The number of Topliss-reactive ketones (excluding diaryl/α,β-unsaturated/α-hetero) is 1.